The summed E-state index contributed by atoms with van der Waals surface area (Å²) in [6.07, 6.45) is 1.04. The van der Waals surface area contributed by atoms with Gasteiger partial charge in [-0.2, -0.15) is 0 Å². The first-order chi connectivity index (χ1) is 8.70. The molecule has 2 N–H and O–H groups in total. The highest BCUT2D eigenvalue weighted by atomic mass is 35.5. The number of halogens is 2. The number of nitro groups is 1. The van der Waals surface area contributed by atoms with Gasteiger partial charge in [-0.15, -0.1) is 0 Å². The van der Waals surface area contributed by atoms with Crippen molar-refractivity contribution < 1.29 is 13.3 Å². The summed E-state index contributed by atoms with van der Waals surface area (Å²) in [5, 5.41) is 13.6. The summed E-state index contributed by atoms with van der Waals surface area (Å²) in [4.78, 5) is 9.97. The molecule has 0 atom stereocenters. The van der Waals surface area contributed by atoms with Gasteiger partial charge in [0, 0.05) is 25.2 Å². The SMILES string of the molecule is CS(=O)(=O)NCCNc1c(Cl)cc([N+](=O)[O-])cc1Cl. The van der Waals surface area contributed by atoms with Crippen molar-refractivity contribution in [3.63, 3.8) is 0 Å². The largest absolute Gasteiger partial charge is 0.381 e. The first kappa shape index (κ1) is 16.0. The fourth-order valence-electron chi connectivity index (χ4n) is 1.26. The number of anilines is 1. The lowest BCUT2D eigenvalue weighted by Gasteiger charge is -2.10. The molecule has 0 aromatic heterocycles. The summed E-state index contributed by atoms with van der Waals surface area (Å²) in [5.74, 6) is 0. The first-order valence-corrected chi connectivity index (χ1v) is 7.67. The second-order valence-electron chi connectivity index (χ2n) is 3.63. The monoisotopic (exact) mass is 327 g/mol. The van der Waals surface area contributed by atoms with Crippen molar-refractivity contribution in [1.29, 1.82) is 0 Å². The Morgan fingerprint density at radius 3 is 2.21 bits per heavy atom. The molecule has 0 aliphatic heterocycles. The van der Waals surface area contributed by atoms with Gasteiger partial charge in [-0.1, -0.05) is 23.2 Å². The molecule has 0 unspecified atom stereocenters. The van der Waals surface area contributed by atoms with Crippen LogP contribution in [0.15, 0.2) is 12.1 Å². The van der Waals surface area contributed by atoms with Crippen LogP contribution in [0.4, 0.5) is 11.4 Å². The molecule has 1 rings (SSSR count). The smallest absolute Gasteiger partial charge is 0.272 e. The lowest BCUT2D eigenvalue weighted by Crippen LogP contribution is -2.27. The van der Waals surface area contributed by atoms with E-state index in [0.29, 0.717) is 5.69 Å². The lowest BCUT2D eigenvalue weighted by molar-refractivity contribution is -0.384. The number of nitrogens with zero attached hydrogens (tertiary/aromatic N) is 1. The molecule has 7 nitrogen and oxygen atoms in total. The summed E-state index contributed by atoms with van der Waals surface area (Å²) in [7, 11) is -3.26. The maximum absolute atomic E-state index is 10.8. The van der Waals surface area contributed by atoms with Crippen LogP contribution in [0.2, 0.25) is 10.0 Å². The molecular formula is C9H11Cl2N3O4S. The predicted octanol–water partition coefficient (Wildman–Crippen LogP) is 1.86. The Kier molecular flexibility index (Phi) is 5.36. The van der Waals surface area contributed by atoms with Gasteiger partial charge in [0.15, 0.2) is 0 Å². The van der Waals surface area contributed by atoms with Crippen molar-refractivity contribution in [2.24, 2.45) is 0 Å². The molecular weight excluding hydrogens is 317 g/mol. The van der Waals surface area contributed by atoms with Crippen molar-refractivity contribution in [1.82, 2.24) is 4.72 Å². The quantitative estimate of drug-likeness (QED) is 0.471. The average molecular weight is 328 g/mol. The van der Waals surface area contributed by atoms with E-state index in [2.05, 4.69) is 10.0 Å². The van der Waals surface area contributed by atoms with Crippen molar-refractivity contribution in [2.45, 2.75) is 0 Å². The third-order valence-electron chi connectivity index (χ3n) is 2.03. The van der Waals surface area contributed by atoms with E-state index in [4.69, 9.17) is 23.2 Å². The Morgan fingerprint density at radius 2 is 1.79 bits per heavy atom. The van der Waals surface area contributed by atoms with Gasteiger partial charge < -0.3 is 5.32 Å². The maximum atomic E-state index is 10.8. The van der Waals surface area contributed by atoms with Crippen LogP contribution in [0, 0.1) is 10.1 Å². The molecule has 0 heterocycles. The van der Waals surface area contributed by atoms with Crippen LogP contribution < -0.4 is 10.0 Å². The van der Waals surface area contributed by atoms with Crippen molar-refractivity contribution in [2.75, 3.05) is 24.7 Å². The highest BCUT2D eigenvalue weighted by molar-refractivity contribution is 7.88. The zero-order chi connectivity index (χ0) is 14.6. The number of sulfonamides is 1. The van der Waals surface area contributed by atoms with Gasteiger partial charge in [-0.25, -0.2) is 13.1 Å². The zero-order valence-corrected chi connectivity index (χ0v) is 12.1. The molecule has 0 amide bonds. The van der Waals surface area contributed by atoms with E-state index in [1.165, 1.54) is 12.1 Å². The second kappa shape index (κ2) is 6.38. The van der Waals surface area contributed by atoms with E-state index in [9.17, 15) is 18.5 Å². The molecule has 1 aromatic rings. The van der Waals surface area contributed by atoms with E-state index in [0.717, 1.165) is 6.26 Å². The van der Waals surface area contributed by atoms with Crippen LogP contribution in [0.3, 0.4) is 0 Å². The molecule has 0 saturated heterocycles. The fraction of sp³-hybridized carbons (Fsp3) is 0.333. The van der Waals surface area contributed by atoms with E-state index >= 15 is 0 Å². The molecule has 0 spiro atoms. The zero-order valence-electron chi connectivity index (χ0n) is 9.81. The Labute approximate surface area is 120 Å². The highest BCUT2D eigenvalue weighted by Crippen LogP contribution is 2.34. The summed E-state index contributed by atoms with van der Waals surface area (Å²) in [6, 6.07) is 2.33. The number of nitro benzene ring substituents is 1. The molecule has 0 fully saturated rings. The Morgan fingerprint density at radius 1 is 1.26 bits per heavy atom. The molecule has 10 heteroatoms. The topological polar surface area (TPSA) is 101 Å². The van der Waals surface area contributed by atoms with Gasteiger partial charge in [0.25, 0.3) is 5.69 Å². The van der Waals surface area contributed by atoms with Gasteiger partial charge in [-0.3, -0.25) is 10.1 Å². The van der Waals surface area contributed by atoms with Gasteiger partial charge in [0.1, 0.15) is 0 Å². The van der Waals surface area contributed by atoms with E-state index in [-0.39, 0.29) is 28.8 Å². The number of benzene rings is 1. The summed E-state index contributed by atoms with van der Waals surface area (Å²) in [5.41, 5.74) is 0.110. The van der Waals surface area contributed by atoms with Gasteiger partial charge in [0.05, 0.1) is 26.9 Å². The minimum absolute atomic E-state index is 0.0959. The van der Waals surface area contributed by atoms with Crippen LogP contribution in [-0.2, 0) is 10.0 Å². The van der Waals surface area contributed by atoms with Crippen molar-refractivity contribution in [3.8, 4) is 0 Å². The first-order valence-electron chi connectivity index (χ1n) is 5.02. The number of rotatable bonds is 6. The number of non-ortho nitro benzene ring substituents is 1. The predicted molar refractivity (Wildman–Crippen MR) is 74.5 cm³/mol. The normalized spacial score (nSPS) is 11.3. The summed E-state index contributed by atoms with van der Waals surface area (Å²) < 4.78 is 23.9. The van der Waals surface area contributed by atoms with E-state index < -0.39 is 14.9 Å². The molecule has 0 bridgehead atoms. The fourth-order valence-corrected chi connectivity index (χ4v) is 2.34. The average Bonchev–Trinajstić information content (AvgIpc) is 2.25. The number of hydrogen-bond donors (Lipinski definition) is 2. The molecule has 0 aliphatic rings. The van der Waals surface area contributed by atoms with Gasteiger partial charge in [0.2, 0.25) is 10.0 Å². The van der Waals surface area contributed by atoms with Gasteiger partial charge >= 0.3 is 0 Å². The summed E-state index contributed by atoms with van der Waals surface area (Å²) >= 11 is 11.7. The molecule has 0 radical (unpaired) electrons. The third-order valence-corrected chi connectivity index (χ3v) is 3.35. The van der Waals surface area contributed by atoms with Crippen LogP contribution in [0.5, 0.6) is 0 Å². The molecule has 0 saturated carbocycles. The molecule has 1 aromatic carbocycles. The minimum Gasteiger partial charge on any atom is -0.381 e. The number of nitrogens with one attached hydrogen (secondary N) is 2. The third kappa shape index (κ3) is 5.19. The molecule has 106 valence electrons. The van der Waals surface area contributed by atoms with Crippen LogP contribution in [0.1, 0.15) is 0 Å². The Balaban J connectivity index is 2.72. The van der Waals surface area contributed by atoms with Crippen LogP contribution in [0.25, 0.3) is 0 Å². The van der Waals surface area contributed by atoms with Gasteiger partial charge in [-0.05, 0) is 0 Å². The molecule has 0 aliphatic carbocycles. The maximum Gasteiger partial charge on any atom is 0.272 e. The number of hydrogen-bond acceptors (Lipinski definition) is 5. The van der Waals surface area contributed by atoms with Crippen molar-refractivity contribution in [3.05, 3.63) is 32.3 Å². The van der Waals surface area contributed by atoms with Crippen LogP contribution >= 0.6 is 23.2 Å². The highest BCUT2D eigenvalue weighted by Gasteiger charge is 2.14. The Hall–Kier alpha value is -1.09. The van der Waals surface area contributed by atoms with Crippen molar-refractivity contribution >= 4 is 44.6 Å². The summed E-state index contributed by atoms with van der Waals surface area (Å²) in [6.45, 7) is 0.382. The minimum atomic E-state index is -3.26. The van der Waals surface area contributed by atoms with Crippen LogP contribution in [-0.4, -0.2) is 32.7 Å². The Bertz CT molecular complexity index is 568. The molecule has 19 heavy (non-hydrogen) atoms. The standard InChI is InChI=1S/C9H11Cl2N3O4S/c1-19(17,18)13-3-2-12-9-7(10)4-6(14(15)16)5-8(9)11/h4-5,12-13H,2-3H2,1H3. The second-order valence-corrected chi connectivity index (χ2v) is 6.28. The van der Waals surface area contributed by atoms with E-state index in [1.54, 1.807) is 0 Å². The van der Waals surface area contributed by atoms with E-state index in [1.807, 2.05) is 0 Å². The lowest BCUT2D eigenvalue weighted by atomic mass is 10.3.